The Morgan fingerprint density at radius 3 is 2.60 bits per heavy atom. The Labute approximate surface area is 228 Å². The summed E-state index contributed by atoms with van der Waals surface area (Å²) in [5.41, 5.74) is 2.48. The van der Waals surface area contributed by atoms with Gasteiger partial charge in [0.05, 0.1) is 36.9 Å². The number of fused-ring (bicyclic) bond motifs is 4. The molecule has 5 aromatic rings. The van der Waals surface area contributed by atoms with Crippen LogP contribution in [0.4, 0.5) is 5.82 Å². The number of hydrogen-bond acceptors (Lipinski definition) is 9. The second-order valence-electron chi connectivity index (χ2n) is 9.07. The van der Waals surface area contributed by atoms with Crippen LogP contribution in [-0.2, 0) is 14.3 Å². The quantitative estimate of drug-likeness (QED) is 0.278. The number of para-hydroxylation sites is 1. The second kappa shape index (κ2) is 10.6. The number of hydrogen-bond donors (Lipinski definition) is 1. The molecule has 3 aromatic carbocycles. The zero-order valence-electron chi connectivity index (χ0n) is 21.8. The molecule has 1 N–H and O–H groups in total. The fourth-order valence-corrected chi connectivity index (χ4v) is 4.59. The maximum atomic E-state index is 13.0. The number of rotatable bonds is 8. The molecule has 6 rings (SSSR count). The number of Topliss-reactive ketones (excluding diaryl/α,β-unsaturated/α-hetero) is 1. The highest BCUT2D eigenvalue weighted by molar-refractivity contribution is 6.50. The van der Waals surface area contributed by atoms with Crippen molar-refractivity contribution in [3.05, 3.63) is 72.8 Å². The summed E-state index contributed by atoms with van der Waals surface area (Å²) >= 11 is 0. The van der Waals surface area contributed by atoms with Crippen molar-refractivity contribution in [2.24, 2.45) is 4.99 Å². The van der Waals surface area contributed by atoms with Gasteiger partial charge in [-0.25, -0.2) is 15.0 Å². The van der Waals surface area contributed by atoms with Gasteiger partial charge >= 0.3 is 0 Å². The SMILES string of the molecule is COCCOc1cc2ncnc(N=C3CC(=O)C(Oc4ccc5c(c4)[nH]c4ccccc45)=CC3=O)c2cc1OC. The summed E-state index contributed by atoms with van der Waals surface area (Å²) in [5, 5.41) is 2.68. The van der Waals surface area contributed by atoms with E-state index in [1.54, 1.807) is 25.3 Å². The smallest absolute Gasteiger partial charge is 0.204 e. The number of ketones is 2. The highest BCUT2D eigenvalue weighted by Gasteiger charge is 2.27. The molecular formula is C30H24N4O6. The van der Waals surface area contributed by atoms with Gasteiger partial charge in [0.15, 0.2) is 23.1 Å². The van der Waals surface area contributed by atoms with Gasteiger partial charge < -0.3 is 23.9 Å². The number of aromatic nitrogens is 3. The van der Waals surface area contributed by atoms with Crippen LogP contribution in [-0.4, -0.2) is 59.7 Å². The first kappa shape index (κ1) is 25.2. The van der Waals surface area contributed by atoms with Crippen LogP contribution < -0.4 is 14.2 Å². The van der Waals surface area contributed by atoms with Gasteiger partial charge in [-0.1, -0.05) is 18.2 Å². The number of H-pyrrole nitrogens is 1. The van der Waals surface area contributed by atoms with Crippen LogP contribution in [0.2, 0.25) is 0 Å². The predicted molar refractivity (Wildman–Crippen MR) is 150 cm³/mol. The third kappa shape index (κ3) is 4.76. The van der Waals surface area contributed by atoms with Crippen molar-refractivity contribution in [2.45, 2.75) is 6.42 Å². The molecule has 0 unspecified atom stereocenters. The van der Waals surface area contributed by atoms with Crippen LogP contribution in [0.5, 0.6) is 17.2 Å². The topological polar surface area (TPSA) is 125 Å². The highest BCUT2D eigenvalue weighted by atomic mass is 16.5. The molecule has 0 saturated heterocycles. The fraction of sp³-hybridized carbons (Fsp3) is 0.167. The number of nitrogens with one attached hydrogen (secondary N) is 1. The molecule has 0 fully saturated rings. The average molecular weight is 537 g/mol. The van der Waals surface area contributed by atoms with Gasteiger partial charge in [0.25, 0.3) is 0 Å². The minimum Gasteiger partial charge on any atom is -0.493 e. The first-order valence-corrected chi connectivity index (χ1v) is 12.5. The summed E-state index contributed by atoms with van der Waals surface area (Å²) in [7, 11) is 3.11. The summed E-state index contributed by atoms with van der Waals surface area (Å²) in [4.78, 5) is 42.3. The number of methoxy groups -OCH3 is 2. The predicted octanol–water partition coefficient (Wildman–Crippen LogP) is 4.88. The lowest BCUT2D eigenvalue weighted by molar-refractivity contribution is -0.118. The van der Waals surface area contributed by atoms with Gasteiger partial charge in [0.1, 0.15) is 18.7 Å². The van der Waals surface area contributed by atoms with E-state index in [0.29, 0.717) is 41.4 Å². The fourth-order valence-electron chi connectivity index (χ4n) is 4.59. The number of benzene rings is 3. The van der Waals surface area contributed by atoms with E-state index in [9.17, 15) is 9.59 Å². The van der Waals surface area contributed by atoms with Crippen LogP contribution in [0.1, 0.15) is 6.42 Å². The Morgan fingerprint density at radius 1 is 0.900 bits per heavy atom. The van der Waals surface area contributed by atoms with Crippen molar-refractivity contribution < 1.29 is 28.5 Å². The van der Waals surface area contributed by atoms with Crippen molar-refractivity contribution in [2.75, 3.05) is 27.4 Å². The molecule has 0 bridgehead atoms. The van der Waals surface area contributed by atoms with E-state index in [1.165, 1.54) is 19.5 Å². The van der Waals surface area contributed by atoms with Crippen LogP contribution in [0.25, 0.3) is 32.7 Å². The normalized spacial score (nSPS) is 14.8. The first-order valence-electron chi connectivity index (χ1n) is 12.5. The van der Waals surface area contributed by atoms with Crippen LogP contribution in [0.15, 0.2) is 77.8 Å². The number of ether oxygens (including phenoxy) is 4. The van der Waals surface area contributed by atoms with Crippen molar-refractivity contribution in [3.63, 3.8) is 0 Å². The van der Waals surface area contributed by atoms with E-state index < -0.39 is 5.78 Å². The zero-order chi connectivity index (χ0) is 27.6. The number of aromatic amines is 1. The second-order valence-corrected chi connectivity index (χ2v) is 9.07. The first-order chi connectivity index (χ1) is 19.5. The molecule has 200 valence electrons. The zero-order valence-corrected chi connectivity index (χ0v) is 21.8. The molecule has 0 spiro atoms. The van der Waals surface area contributed by atoms with E-state index in [0.717, 1.165) is 21.8 Å². The Bertz CT molecular complexity index is 1860. The van der Waals surface area contributed by atoms with E-state index in [1.807, 2.05) is 36.4 Å². The summed E-state index contributed by atoms with van der Waals surface area (Å²) < 4.78 is 22.1. The van der Waals surface area contributed by atoms with Gasteiger partial charge in [0, 0.05) is 47.0 Å². The molecule has 10 heteroatoms. The van der Waals surface area contributed by atoms with E-state index in [-0.39, 0.29) is 29.5 Å². The minimum absolute atomic E-state index is 0.0357. The third-order valence-corrected chi connectivity index (χ3v) is 6.54. The van der Waals surface area contributed by atoms with E-state index >= 15 is 0 Å². The van der Waals surface area contributed by atoms with Crippen LogP contribution in [0.3, 0.4) is 0 Å². The van der Waals surface area contributed by atoms with Gasteiger partial charge in [-0.2, -0.15) is 0 Å². The van der Waals surface area contributed by atoms with E-state index in [2.05, 4.69) is 19.9 Å². The monoisotopic (exact) mass is 536 g/mol. The molecule has 0 saturated carbocycles. The largest absolute Gasteiger partial charge is 0.493 e. The molecule has 0 amide bonds. The standard InChI is InChI=1S/C30H24N4O6/c1-37-9-10-39-29-14-22-20(12-28(29)38-2)30(32-16-31-22)34-24-13-26(36)27(15-25(24)35)40-17-7-8-19-18-5-3-4-6-21(18)33-23(19)11-17/h3-8,11-12,14-16,33H,9-10,13H2,1-2H3. The highest BCUT2D eigenvalue weighted by Crippen LogP contribution is 2.35. The summed E-state index contributed by atoms with van der Waals surface area (Å²) in [6.07, 6.45) is 2.29. The average Bonchev–Trinajstić information content (AvgIpc) is 3.33. The molecule has 1 aliphatic rings. The van der Waals surface area contributed by atoms with Gasteiger partial charge in [-0.15, -0.1) is 0 Å². The molecule has 40 heavy (non-hydrogen) atoms. The summed E-state index contributed by atoms with van der Waals surface area (Å²) in [6, 6.07) is 16.9. The van der Waals surface area contributed by atoms with Crippen molar-refractivity contribution >= 4 is 55.8 Å². The molecule has 10 nitrogen and oxygen atoms in total. The summed E-state index contributed by atoms with van der Waals surface area (Å²) in [6.45, 7) is 0.748. The molecular weight excluding hydrogens is 512 g/mol. The lowest BCUT2D eigenvalue weighted by atomic mass is 10.0. The molecule has 1 aliphatic carbocycles. The van der Waals surface area contributed by atoms with Crippen LogP contribution >= 0.6 is 0 Å². The maximum absolute atomic E-state index is 13.0. The Hall–Kier alpha value is -5.09. The number of aliphatic imine (C=N–C) groups is 1. The lowest BCUT2D eigenvalue weighted by Gasteiger charge is -2.15. The molecule has 0 aliphatic heterocycles. The van der Waals surface area contributed by atoms with Crippen molar-refractivity contribution in [3.8, 4) is 17.2 Å². The van der Waals surface area contributed by atoms with Gasteiger partial charge in [-0.05, 0) is 24.3 Å². The molecule has 0 radical (unpaired) electrons. The number of nitrogens with zero attached hydrogens (tertiary/aromatic N) is 3. The lowest BCUT2D eigenvalue weighted by Crippen LogP contribution is -2.26. The van der Waals surface area contributed by atoms with E-state index in [4.69, 9.17) is 18.9 Å². The molecule has 2 aromatic heterocycles. The van der Waals surface area contributed by atoms with Crippen LogP contribution in [0, 0.1) is 0 Å². The summed E-state index contributed by atoms with van der Waals surface area (Å²) in [5.74, 6) is 0.803. The molecule has 2 heterocycles. The minimum atomic E-state index is -0.431. The Kier molecular flexibility index (Phi) is 6.67. The van der Waals surface area contributed by atoms with Crippen molar-refractivity contribution in [1.82, 2.24) is 15.0 Å². The Balaban J connectivity index is 1.27. The molecule has 0 atom stereocenters. The maximum Gasteiger partial charge on any atom is 0.204 e. The van der Waals surface area contributed by atoms with Crippen molar-refractivity contribution in [1.29, 1.82) is 0 Å². The van der Waals surface area contributed by atoms with Gasteiger partial charge in [-0.3, -0.25) is 9.59 Å². The van der Waals surface area contributed by atoms with Gasteiger partial charge in [0.2, 0.25) is 11.6 Å². The number of allylic oxidation sites excluding steroid dienone is 2. The third-order valence-electron chi connectivity index (χ3n) is 6.54. The number of carbonyl (C=O) groups is 2. The number of carbonyl (C=O) groups excluding carboxylic acids is 2. The Morgan fingerprint density at radius 2 is 1.75 bits per heavy atom.